The molecule has 0 saturated heterocycles. The van der Waals surface area contributed by atoms with Gasteiger partial charge in [0.05, 0.1) is 39.9 Å². The van der Waals surface area contributed by atoms with E-state index in [2.05, 4.69) is 37.4 Å². The zero-order valence-electron chi connectivity index (χ0n) is 31.7. The van der Waals surface area contributed by atoms with Crippen molar-refractivity contribution in [2.75, 3.05) is 40.9 Å². The first-order chi connectivity index (χ1) is 23.4. The van der Waals surface area contributed by atoms with Crippen molar-refractivity contribution < 1.29 is 37.7 Å². The number of ketones is 1. The highest BCUT2D eigenvalue weighted by Gasteiger charge is 2.27. The van der Waals surface area contributed by atoms with Gasteiger partial charge in [0.15, 0.2) is 5.78 Å². The lowest BCUT2D eigenvalue weighted by Crippen LogP contribution is -2.45. The van der Waals surface area contributed by atoms with Crippen LogP contribution in [0.1, 0.15) is 136 Å². The summed E-state index contributed by atoms with van der Waals surface area (Å²) >= 11 is 0. The molecule has 0 fully saturated rings. The summed E-state index contributed by atoms with van der Waals surface area (Å²) in [7, 11) is 1.49. The zero-order chi connectivity index (χ0) is 36.6. The minimum Gasteiger partial charge on any atom is -0.387 e. The molecule has 0 radical (unpaired) electrons. The second-order valence-corrected chi connectivity index (χ2v) is 15.4. The lowest BCUT2D eigenvalue weighted by Gasteiger charge is -2.25. The average Bonchev–Trinajstić information content (AvgIpc) is 3.03. The van der Waals surface area contributed by atoms with Crippen molar-refractivity contribution in [3.8, 4) is 0 Å². The maximum absolute atomic E-state index is 12.8. The van der Waals surface area contributed by atoms with Crippen LogP contribution >= 0.6 is 7.82 Å². The topological polar surface area (TPSA) is 122 Å². The van der Waals surface area contributed by atoms with E-state index < -0.39 is 20.0 Å². The van der Waals surface area contributed by atoms with Crippen LogP contribution in [0, 0.1) is 0 Å². The molecule has 0 aliphatic carbocycles. The highest BCUT2D eigenvalue weighted by Crippen LogP contribution is 2.43. The molecule has 3 atom stereocenters. The van der Waals surface area contributed by atoms with Crippen molar-refractivity contribution in [3.05, 3.63) is 48.6 Å². The molecule has 10 heteroatoms. The molecule has 0 aromatic rings. The third-order valence-corrected chi connectivity index (χ3v) is 8.98. The number of aliphatic hydroxyl groups excluding tert-OH is 1. The van der Waals surface area contributed by atoms with E-state index in [-0.39, 0.29) is 24.9 Å². The van der Waals surface area contributed by atoms with E-state index in [1.54, 1.807) is 12.2 Å². The van der Waals surface area contributed by atoms with Crippen molar-refractivity contribution in [2.45, 2.75) is 148 Å². The second kappa shape index (κ2) is 30.9. The lowest BCUT2D eigenvalue weighted by molar-refractivity contribution is -0.870. The summed E-state index contributed by atoms with van der Waals surface area (Å²) in [6.45, 7) is 4.54. The Kier molecular flexibility index (Phi) is 29.7. The zero-order valence-corrected chi connectivity index (χ0v) is 32.6. The summed E-state index contributed by atoms with van der Waals surface area (Å²) < 4.78 is 23.4. The summed E-state index contributed by atoms with van der Waals surface area (Å²) in [5.74, 6) is -0.0528. The second-order valence-electron chi connectivity index (χ2n) is 14.0. The van der Waals surface area contributed by atoms with Crippen LogP contribution in [0.4, 0.5) is 0 Å². The Balaban J connectivity index is 4.65. The summed E-state index contributed by atoms with van der Waals surface area (Å²) in [6.07, 6.45) is 33.0. The van der Waals surface area contributed by atoms with Gasteiger partial charge in [-0.3, -0.25) is 18.6 Å². The Labute approximate surface area is 299 Å². The quantitative estimate of drug-likeness (QED) is 0.0155. The van der Waals surface area contributed by atoms with Gasteiger partial charge in [-0.1, -0.05) is 114 Å². The van der Waals surface area contributed by atoms with E-state index in [1.807, 2.05) is 39.4 Å². The van der Waals surface area contributed by atoms with E-state index >= 15 is 0 Å². The van der Waals surface area contributed by atoms with Gasteiger partial charge in [-0.15, -0.1) is 0 Å². The van der Waals surface area contributed by atoms with E-state index in [9.17, 15) is 24.2 Å². The molecule has 1 amide bonds. The molecule has 9 nitrogen and oxygen atoms in total. The first kappa shape index (κ1) is 47.1. The molecule has 49 heavy (non-hydrogen) atoms. The number of hydrogen-bond acceptors (Lipinski definition) is 6. The summed E-state index contributed by atoms with van der Waals surface area (Å²) in [5, 5.41) is 13.7. The Morgan fingerprint density at radius 1 is 0.735 bits per heavy atom. The van der Waals surface area contributed by atoms with Crippen LogP contribution in [0.15, 0.2) is 48.6 Å². The summed E-state index contributed by atoms with van der Waals surface area (Å²) in [4.78, 5) is 34.7. The molecule has 0 saturated carbocycles. The molecule has 0 aromatic heterocycles. The SMILES string of the molecule is CCCCCCC/C=C\CC/C=C/[C@@H](O)[C@H](COP(=O)(O)OCC[N+](C)(C)C)NC(=O)CCCCCCC/C=C\C=C\C(=O)CCCCC. The molecule has 3 N–H and O–H groups in total. The molecule has 0 aliphatic heterocycles. The maximum Gasteiger partial charge on any atom is 0.472 e. The Morgan fingerprint density at radius 3 is 2.00 bits per heavy atom. The Morgan fingerprint density at radius 2 is 1.31 bits per heavy atom. The molecule has 0 aliphatic rings. The average molecular weight is 712 g/mol. The number of nitrogens with zero attached hydrogens (tertiary/aromatic N) is 1. The van der Waals surface area contributed by atoms with Crippen LogP contribution in [-0.2, 0) is 23.2 Å². The van der Waals surface area contributed by atoms with Crippen LogP contribution in [0.3, 0.4) is 0 Å². The van der Waals surface area contributed by atoms with Crippen LogP contribution in [0.25, 0.3) is 0 Å². The molecule has 1 unspecified atom stereocenters. The molecular formula is C39H72N2O7P+. The molecule has 0 aromatic carbocycles. The molecule has 0 rings (SSSR count). The minimum atomic E-state index is -4.36. The summed E-state index contributed by atoms with van der Waals surface area (Å²) in [5.41, 5.74) is 0. The maximum atomic E-state index is 12.8. The lowest BCUT2D eigenvalue weighted by atomic mass is 10.1. The number of carbonyl (C=O) groups is 2. The summed E-state index contributed by atoms with van der Waals surface area (Å²) in [6, 6.07) is -0.891. The number of nitrogens with one attached hydrogen (secondary N) is 1. The first-order valence-electron chi connectivity index (χ1n) is 19.0. The minimum absolute atomic E-state index is 0.0382. The van der Waals surface area contributed by atoms with Crippen LogP contribution < -0.4 is 5.32 Å². The third kappa shape index (κ3) is 33.1. The number of quaternary nitrogens is 1. The predicted octanol–water partition coefficient (Wildman–Crippen LogP) is 8.92. The smallest absolute Gasteiger partial charge is 0.387 e. The molecule has 0 spiro atoms. The number of phosphoric acid groups is 1. The number of phosphoric ester groups is 1. The number of carbonyl (C=O) groups excluding carboxylic acids is 2. The van der Waals surface area contributed by atoms with E-state index in [0.717, 1.165) is 70.6 Å². The van der Waals surface area contributed by atoms with Gasteiger partial charge in [0.2, 0.25) is 5.91 Å². The standard InChI is InChI=1S/C39H71N2O7P/c1-6-8-10-11-12-13-14-17-20-23-27-31-38(43)37(35-48-49(45,46)47-34-33-41(3,4)5)40-39(44)32-28-24-21-18-15-16-19-22-26-30-36(42)29-25-9-7-2/h14,17,19,22,26-27,30-31,37-38,43H,6-13,15-16,18,20-21,23-25,28-29,32-35H2,1-5H3,(H-,40,44,45,46)/p+1/b17-14-,22-19-,30-26+,31-27+/t37-,38+/m0/s1. The van der Waals surface area contributed by atoms with Crippen LogP contribution in [0.2, 0.25) is 0 Å². The number of rotatable bonds is 33. The molecule has 284 valence electrons. The fourth-order valence-electron chi connectivity index (χ4n) is 4.86. The van der Waals surface area contributed by atoms with Crippen molar-refractivity contribution in [1.82, 2.24) is 5.32 Å². The monoisotopic (exact) mass is 712 g/mol. The fraction of sp³-hybridized carbons (Fsp3) is 0.744. The van der Waals surface area contributed by atoms with Crippen LogP contribution in [-0.4, -0.2) is 79.2 Å². The van der Waals surface area contributed by atoms with Gasteiger partial charge < -0.3 is 19.8 Å². The third-order valence-electron chi connectivity index (χ3n) is 8.00. The highest BCUT2D eigenvalue weighted by atomic mass is 31.2. The number of allylic oxidation sites excluding steroid dienone is 7. The normalized spacial score (nSPS) is 15.1. The van der Waals surface area contributed by atoms with Crippen molar-refractivity contribution >= 4 is 19.5 Å². The number of hydrogen-bond donors (Lipinski definition) is 3. The largest absolute Gasteiger partial charge is 0.472 e. The number of amides is 1. The van der Waals surface area contributed by atoms with Gasteiger partial charge in [-0.25, -0.2) is 4.57 Å². The fourth-order valence-corrected chi connectivity index (χ4v) is 5.59. The van der Waals surface area contributed by atoms with Crippen LogP contribution in [0.5, 0.6) is 0 Å². The van der Waals surface area contributed by atoms with Gasteiger partial charge in [0.1, 0.15) is 13.2 Å². The van der Waals surface area contributed by atoms with E-state index in [1.165, 1.54) is 32.1 Å². The van der Waals surface area contributed by atoms with Gasteiger partial charge in [0.25, 0.3) is 0 Å². The molecule has 0 bridgehead atoms. The van der Waals surface area contributed by atoms with Crippen molar-refractivity contribution in [3.63, 3.8) is 0 Å². The van der Waals surface area contributed by atoms with Gasteiger partial charge in [-0.05, 0) is 57.4 Å². The molecule has 0 heterocycles. The molecular weight excluding hydrogens is 639 g/mol. The van der Waals surface area contributed by atoms with Crippen molar-refractivity contribution in [2.24, 2.45) is 0 Å². The van der Waals surface area contributed by atoms with Crippen molar-refractivity contribution in [1.29, 1.82) is 0 Å². The Hall–Kier alpha value is -1.87. The van der Waals surface area contributed by atoms with Gasteiger partial charge in [-0.2, -0.15) is 0 Å². The number of likely N-dealkylation sites (N-methyl/N-ethyl adjacent to an activating group) is 1. The predicted molar refractivity (Wildman–Crippen MR) is 203 cm³/mol. The van der Waals surface area contributed by atoms with E-state index in [4.69, 9.17) is 9.05 Å². The van der Waals surface area contributed by atoms with E-state index in [0.29, 0.717) is 30.3 Å². The van der Waals surface area contributed by atoms with Gasteiger partial charge >= 0.3 is 7.82 Å². The highest BCUT2D eigenvalue weighted by molar-refractivity contribution is 7.47. The number of unbranched alkanes of at least 4 members (excludes halogenated alkanes) is 13. The Bertz CT molecular complexity index is 1000. The number of aliphatic hydroxyl groups is 1. The van der Waals surface area contributed by atoms with Gasteiger partial charge in [0, 0.05) is 12.8 Å². The first-order valence-corrected chi connectivity index (χ1v) is 20.5.